The van der Waals surface area contributed by atoms with Crippen molar-refractivity contribution in [3.63, 3.8) is 0 Å². The van der Waals surface area contributed by atoms with Gasteiger partial charge < -0.3 is 0 Å². The van der Waals surface area contributed by atoms with Gasteiger partial charge in [-0.25, -0.2) is 0 Å². The van der Waals surface area contributed by atoms with E-state index in [1.54, 1.807) is 4.90 Å². The van der Waals surface area contributed by atoms with Gasteiger partial charge in [-0.15, -0.1) is 0 Å². The first-order valence-corrected chi connectivity index (χ1v) is 9.92. The SMILES string of the molecule is CCc1ccccc1N(CN1C(=O)[C@@H]2[C@@H]3C=C[C@H]([C@H]4C[C@H]34)[C@@H]2C1=O)C(C)=O. The van der Waals surface area contributed by atoms with Crippen LogP contribution in [0.15, 0.2) is 36.4 Å². The number of para-hydroxylation sites is 1. The number of nitrogens with zero attached hydrogens (tertiary/aromatic N) is 2. The molecular formula is C22H24N2O3. The molecule has 0 unspecified atom stereocenters. The second-order valence-electron chi connectivity index (χ2n) is 8.33. The van der Waals surface area contributed by atoms with Crippen molar-refractivity contribution in [2.24, 2.45) is 35.5 Å². The average Bonchev–Trinajstić information content (AvgIpc) is 3.45. The van der Waals surface area contributed by atoms with Crippen LogP contribution in [0.5, 0.6) is 0 Å². The number of anilines is 1. The molecule has 0 N–H and O–H groups in total. The zero-order valence-electron chi connectivity index (χ0n) is 15.7. The van der Waals surface area contributed by atoms with Gasteiger partial charge in [0.25, 0.3) is 0 Å². The molecule has 0 radical (unpaired) electrons. The maximum Gasteiger partial charge on any atom is 0.235 e. The molecule has 3 fully saturated rings. The van der Waals surface area contributed by atoms with Gasteiger partial charge in [-0.1, -0.05) is 37.3 Å². The Morgan fingerprint density at radius 1 is 1.07 bits per heavy atom. The van der Waals surface area contributed by atoms with E-state index in [2.05, 4.69) is 12.2 Å². The fourth-order valence-electron chi connectivity index (χ4n) is 5.72. The maximum absolute atomic E-state index is 13.2. The van der Waals surface area contributed by atoms with Crippen molar-refractivity contribution < 1.29 is 14.4 Å². The Kier molecular flexibility index (Phi) is 3.58. The van der Waals surface area contributed by atoms with Gasteiger partial charge in [0, 0.05) is 12.6 Å². The van der Waals surface area contributed by atoms with E-state index in [-0.39, 0.29) is 48.1 Å². The minimum atomic E-state index is -0.216. The van der Waals surface area contributed by atoms with E-state index in [1.807, 2.05) is 31.2 Å². The zero-order chi connectivity index (χ0) is 18.9. The van der Waals surface area contributed by atoms with Crippen LogP contribution < -0.4 is 4.90 Å². The van der Waals surface area contributed by atoms with E-state index in [0.717, 1.165) is 24.1 Å². The van der Waals surface area contributed by atoms with Crippen LogP contribution in [0.2, 0.25) is 0 Å². The van der Waals surface area contributed by atoms with Crippen LogP contribution in [0.3, 0.4) is 0 Å². The van der Waals surface area contributed by atoms with Crippen molar-refractivity contribution >= 4 is 23.4 Å². The Labute approximate surface area is 159 Å². The van der Waals surface area contributed by atoms with Crippen LogP contribution in [0.25, 0.3) is 0 Å². The van der Waals surface area contributed by atoms with Gasteiger partial charge in [0.05, 0.1) is 11.8 Å². The molecule has 1 aromatic carbocycles. The number of amides is 3. The summed E-state index contributed by atoms with van der Waals surface area (Å²) in [6.07, 6.45) is 6.28. The summed E-state index contributed by atoms with van der Waals surface area (Å²) in [6.45, 7) is 3.55. The van der Waals surface area contributed by atoms with Gasteiger partial charge in [0.15, 0.2) is 0 Å². The first-order valence-electron chi connectivity index (χ1n) is 9.92. The molecule has 1 saturated heterocycles. The van der Waals surface area contributed by atoms with Crippen LogP contribution in [0.4, 0.5) is 5.69 Å². The third kappa shape index (κ3) is 2.27. The highest BCUT2D eigenvalue weighted by atomic mass is 16.2. The second-order valence-corrected chi connectivity index (χ2v) is 8.33. The summed E-state index contributed by atoms with van der Waals surface area (Å²) in [5.41, 5.74) is 1.82. The lowest BCUT2D eigenvalue weighted by Gasteiger charge is -2.37. The van der Waals surface area contributed by atoms with Crippen molar-refractivity contribution in [2.45, 2.75) is 26.7 Å². The molecule has 6 rings (SSSR count). The lowest BCUT2D eigenvalue weighted by atomic mass is 9.63. The van der Waals surface area contributed by atoms with Crippen LogP contribution in [-0.4, -0.2) is 29.3 Å². The summed E-state index contributed by atoms with van der Waals surface area (Å²) in [5, 5.41) is 0. The molecule has 2 saturated carbocycles. The molecule has 140 valence electrons. The molecule has 3 amide bonds. The van der Waals surface area contributed by atoms with Crippen LogP contribution in [0.1, 0.15) is 25.8 Å². The molecule has 5 heteroatoms. The first kappa shape index (κ1) is 16.7. The van der Waals surface area contributed by atoms with E-state index < -0.39 is 0 Å². The van der Waals surface area contributed by atoms with Gasteiger partial charge in [0.1, 0.15) is 6.67 Å². The highest BCUT2D eigenvalue weighted by Gasteiger charge is 2.67. The Morgan fingerprint density at radius 2 is 1.67 bits per heavy atom. The summed E-state index contributed by atoms with van der Waals surface area (Å²) in [7, 11) is 0. The van der Waals surface area contributed by atoms with Crippen LogP contribution >= 0.6 is 0 Å². The molecule has 1 aromatic rings. The number of hydrogen-bond donors (Lipinski definition) is 0. The van der Waals surface area contributed by atoms with E-state index >= 15 is 0 Å². The Balaban J connectivity index is 1.46. The summed E-state index contributed by atoms with van der Waals surface area (Å²) in [4.78, 5) is 41.7. The summed E-state index contributed by atoms with van der Waals surface area (Å²) in [6, 6.07) is 7.70. The molecule has 27 heavy (non-hydrogen) atoms. The lowest BCUT2D eigenvalue weighted by Crippen LogP contribution is -2.44. The first-order chi connectivity index (χ1) is 13.0. The molecular weight excluding hydrogens is 340 g/mol. The molecule has 5 nitrogen and oxygen atoms in total. The van der Waals surface area contributed by atoms with Crippen molar-refractivity contribution in [2.75, 3.05) is 11.6 Å². The third-order valence-electron chi connectivity index (χ3n) is 7.08. The lowest BCUT2D eigenvalue weighted by molar-refractivity contribution is -0.140. The number of hydrogen-bond acceptors (Lipinski definition) is 3. The maximum atomic E-state index is 13.2. The quantitative estimate of drug-likeness (QED) is 0.610. The van der Waals surface area contributed by atoms with Crippen LogP contribution in [0, 0.1) is 35.5 Å². The number of benzene rings is 1. The largest absolute Gasteiger partial charge is 0.294 e. The van der Waals surface area contributed by atoms with Gasteiger partial charge in [-0.3, -0.25) is 24.2 Å². The molecule has 0 aromatic heterocycles. The van der Waals surface area contributed by atoms with Gasteiger partial charge in [0.2, 0.25) is 17.7 Å². The number of likely N-dealkylation sites (tertiary alicyclic amines) is 1. The van der Waals surface area contributed by atoms with Crippen molar-refractivity contribution in [1.29, 1.82) is 0 Å². The molecule has 5 aliphatic rings. The van der Waals surface area contributed by atoms with Gasteiger partial charge >= 0.3 is 0 Å². The Morgan fingerprint density at radius 3 is 2.22 bits per heavy atom. The average molecular weight is 364 g/mol. The second kappa shape index (κ2) is 5.78. The standard InChI is InChI=1S/C22H24N2O3/c1-3-13-6-4-5-7-18(13)23(12(2)25)11-24-21(26)19-14-8-9-15(17-10-16(14)17)20(19)22(24)27/h4-9,14-17,19-20H,3,10-11H2,1-2H3/t14-,15-,16-,17-,19-,20+/m1/s1. The zero-order valence-corrected chi connectivity index (χ0v) is 15.7. The van der Waals surface area contributed by atoms with Crippen molar-refractivity contribution in [3.05, 3.63) is 42.0 Å². The van der Waals surface area contributed by atoms with Crippen molar-refractivity contribution in [1.82, 2.24) is 4.90 Å². The smallest absolute Gasteiger partial charge is 0.235 e. The molecule has 4 aliphatic carbocycles. The summed E-state index contributed by atoms with van der Waals surface area (Å²) >= 11 is 0. The normalized spacial score (nSPS) is 35.3. The fourth-order valence-corrected chi connectivity index (χ4v) is 5.72. The van der Waals surface area contributed by atoms with E-state index in [1.165, 1.54) is 11.8 Å². The molecule has 6 atom stereocenters. The number of imide groups is 1. The molecule has 0 spiro atoms. The molecule has 2 bridgehead atoms. The number of carbonyl (C=O) groups is 3. The van der Waals surface area contributed by atoms with E-state index in [4.69, 9.17) is 0 Å². The predicted octanol–water partition coefficient (Wildman–Crippen LogP) is 2.61. The summed E-state index contributed by atoms with van der Waals surface area (Å²) in [5.74, 6) is 0.823. The molecule has 1 heterocycles. The van der Waals surface area contributed by atoms with Gasteiger partial charge in [-0.05, 0) is 48.1 Å². The highest BCUT2D eigenvalue weighted by molar-refractivity contribution is 6.07. The third-order valence-corrected chi connectivity index (χ3v) is 7.08. The van der Waals surface area contributed by atoms with Crippen molar-refractivity contribution in [3.8, 4) is 0 Å². The monoisotopic (exact) mass is 364 g/mol. The topological polar surface area (TPSA) is 57.7 Å². The number of allylic oxidation sites excluding steroid dienone is 2. The van der Waals surface area contributed by atoms with Gasteiger partial charge in [-0.2, -0.15) is 0 Å². The Bertz CT molecular complexity index is 840. The number of aryl methyl sites for hydroxylation is 1. The number of rotatable bonds is 4. The molecule has 1 aliphatic heterocycles. The van der Waals surface area contributed by atoms with E-state index in [0.29, 0.717) is 11.8 Å². The predicted molar refractivity (Wildman–Crippen MR) is 100 cm³/mol. The van der Waals surface area contributed by atoms with Crippen LogP contribution in [-0.2, 0) is 20.8 Å². The minimum Gasteiger partial charge on any atom is -0.294 e. The van der Waals surface area contributed by atoms with E-state index in [9.17, 15) is 14.4 Å². The highest BCUT2D eigenvalue weighted by Crippen LogP contribution is 2.65. The summed E-state index contributed by atoms with van der Waals surface area (Å²) < 4.78 is 0. The minimum absolute atomic E-state index is 0.0196. The fraction of sp³-hybridized carbons (Fsp3) is 0.500. The Hall–Kier alpha value is -2.43. The number of carbonyl (C=O) groups excluding carboxylic acids is 3.